The Labute approximate surface area is 119 Å². The molecule has 1 aliphatic rings. The van der Waals surface area contributed by atoms with Crippen LogP contribution in [-0.4, -0.2) is 41.4 Å². The Kier molecular flexibility index (Phi) is 5.54. The maximum absolute atomic E-state index is 14.0. The summed E-state index contributed by atoms with van der Waals surface area (Å²) in [5, 5.41) is 17.7. The number of hydrogen-bond donors (Lipinski definition) is 2. The van der Waals surface area contributed by atoms with E-state index < -0.39 is 0 Å². The summed E-state index contributed by atoms with van der Waals surface area (Å²) >= 11 is 0. The van der Waals surface area contributed by atoms with E-state index in [0.717, 1.165) is 25.9 Å². The minimum Gasteiger partial charge on any atom is -0.396 e. The van der Waals surface area contributed by atoms with Gasteiger partial charge in [0.25, 0.3) is 0 Å². The van der Waals surface area contributed by atoms with Crippen LogP contribution >= 0.6 is 0 Å². The van der Waals surface area contributed by atoms with Gasteiger partial charge in [-0.05, 0) is 44.0 Å². The van der Waals surface area contributed by atoms with Gasteiger partial charge in [-0.2, -0.15) is 0 Å². The second-order valence-electron chi connectivity index (χ2n) is 5.17. The SMILES string of the molecule is OCC#Cc1ccc(CN2CCC(CO)CC2)c(F)c1. The van der Waals surface area contributed by atoms with E-state index in [1.54, 1.807) is 12.1 Å². The van der Waals surface area contributed by atoms with Gasteiger partial charge < -0.3 is 10.2 Å². The van der Waals surface area contributed by atoms with Crippen LogP contribution in [0.25, 0.3) is 0 Å². The fraction of sp³-hybridized carbons (Fsp3) is 0.500. The molecule has 0 atom stereocenters. The quantitative estimate of drug-likeness (QED) is 0.820. The zero-order chi connectivity index (χ0) is 14.4. The molecule has 2 rings (SSSR count). The molecule has 1 saturated heterocycles. The van der Waals surface area contributed by atoms with Crippen LogP contribution < -0.4 is 0 Å². The number of aliphatic hydroxyl groups excluding tert-OH is 2. The van der Waals surface area contributed by atoms with E-state index in [9.17, 15) is 4.39 Å². The van der Waals surface area contributed by atoms with Gasteiger partial charge in [-0.3, -0.25) is 4.90 Å². The topological polar surface area (TPSA) is 43.7 Å². The Hall–Kier alpha value is -1.41. The smallest absolute Gasteiger partial charge is 0.128 e. The van der Waals surface area contributed by atoms with E-state index in [4.69, 9.17) is 10.2 Å². The highest BCUT2D eigenvalue weighted by molar-refractivity contribution is 5.37. The predicted molar refractivity (Wildman–Crippen MR) is 75.5 cm³/mol. The van der Waals surface area contributed by atoms with Gasteiger partial charge in [-0.1, -0.05) is 17.9 Å². The average Bonchev–Trinajstić information content (AvgIpc) is 2.48. The van der Waals surface area contributed by atoms with Crippen molar-refractivity contribution in [2.24, 2.45) is 5.92 Å². The average molecular weight is 277 g/mol. The molecule has 0 unspecified atom stereocenters. The van der Waals surface area contributed by atoms with Crippen molar-refractivity contribution in [1.82, 2.24) is 4.90 Å². The molecule has 0 radical (unpaired) electrons. The van der Waals surface area contributed by atoms with E-state index in [1.165, 1.54) is 6.07 Å². The maximum atomic E-state index is 14.0. The number of halogens is 1. The number of aliphatic hydroxyl groups is 2. The van der Waals surface area contributed by atoms with E-state index in [0.29, 0.717) is 23.6 Å². The molecule has 3 nitrogen and oxygen atoms in total. The summed E-state index contributed by atoms with van der Waals surface area (Å²) in [6.07, 6.45) is 1.94. The summed E-state index contributed by atoms with van der Waals surface area (Å²) in [6, 6.07) is 4.95. The number of rotatable bonds is 3. The normalized spacial score (nSPS) is 16.8. The maximum Gasteiger partial charge on any atom is 0.128 e. The van der Waals surface area contributed by atoms with E-state index >= 15 is 0 Å². The van der Waals surface area contributed by atoms with Gasteiger partial charge in [0, 0.05) is 24.3 Å². The van der Waals surface area contributed by atoms with Crippen molar-refractivity contribution in [3.8, 4) is 11.8 Å². The number of nitrogens with zero attached hydrogens (tertiary/aromatic N) is 1. The Morgan fingerprint density at radius 1 is 1.25 bits per heavy atom. The van der Waals surface area contributed by atoms with Crippen molar-refractivity contribution < 1.29 is 14.6 Å². The third-order valence-corrected chi connectivity index (χ3v) is 3.72. The second kappa shape index (κ2) is 7.39. The predicted octanol–water partition coefficient (Wildman–Crippen LogP) is 1.37. The van der Waals surface area contributed by atoms with Gasteiger partial charge >= 0.3 is 0 Å². The first-order valence-electron chi connectivity index (χ1n) is 6.94. The minimum absolute atomic E-state index is 0.219. The molecular formula is C16H20FNO2. The first-order valence-corrected chi connectivity index (χ1v) is 6.94. The largest absolute Gasteiger partial charge is 0.396 e. The lowest BCUT2D eigenvalue weighted by molar-refractivity contribution is 0.126. The summed E-state index contributed by atoms with van der Waals surface area (Å²) in [5.41, 5.74) is 1.25. The van der Waals surface area contributed by atoms with Crippen LogP contribution in [0, 0.1) is 23.6 Å². The molecule has 4 heteroatoms. The van der Waals surface area contributed by atoms with Gasteiger partial charge in [0.05, 0.1) is 0 Å². The van der Waals surface area contributed by atoms with Crippen molar-refractivity contribution in [3.05, 3.63) is 35.1 Å². The molecule has 108 valence electrons. The van der Waals surface area contributed by atoms with Crippen molar-refractivity contribution in [2.75, 3.05) is 26.3 Å². The first kappa shape index (κ1) is 15.0. The van der Waals surface area contributed by atoms with Gasteiger partial charge in [-0.25, -0.2) is 4.39 Å². The molecule has 1 fully saturated rings. The molecule has 0 amide bonds. The zero-order valence-electron chi connectivity index (χ0n) is 11.5. The third kappa shape index (κ3) is 4.04. The lowest BCUT2D eigenvalue weighted by Gasteiger charge is -2.31. The molecular weight excluding hydrogens is 257 g/mol. The van der Waals surface area contributed by atoms with Crippen LogP contribution in [0.5, 0.6) is 0 Å². The van der Waals surface area contributed by atoms with Gasteiger partial charge in [0.2, 0.25) is 0 Å². The highest BCUT2D eigenvalue weighted by Gasteiger charge is 2.19. The summed E-state index contributed by atoms with van der Waals surface area (Å²) < 4.78 is 14.0. The summed E-state index contributed by atoms with van der Waals surface area (Å²) in [6.45, 7) is 2.43. The van der Waals surface area contributed by atoms with Gasteiger partial charge in [-0.15, -0.1) is 0 Å². The second-order valence-corrected chi connectivity index (χ2v) is 5.17. The molecule has 1 aromatic carbocycles. The molecule has 0 spiro atoms. The fourth-order valence-electron chi connectivity index (χ4n) is 2.46. The first-order chi connectivity index (χ1) is 9.72. The van der Waals surface area contributed by atoms with Crippen LogP contribution in [0.1, 0.15) is 24.0 Å². The van der Waals surface area contributed by atoms with E-state index in [2.05, 4.69) is 16.7 Å². The van der Waals surface area contributed by atoms with Gasteiger partial charge in [0.1, 0.15) is 12.4 Å². The lowest BCUT2D eigenvalue weighted by atomic mass is 9.97. The van der Waals surface area contributed by atoms with Crippen LogP contribution in [-0.2, 0) is 6.54 Å². The number of piperidine rings is 1. The molecule has 0 saturated carbocycles. The third-order valence-electron chi connectivity index (χ3n) is 3.72. The lowest BCUT2D eigenvalue weighted by Crippen LogP contribution is -2.34. The molecule has 0 aromatic heterocycles. The number of likely N-dealkylation sites (tertiary alicyclic amines) is 1. The highest BCUT2D eigenvalue weighted by Crippen LogP contribution is 2.19. The van der Waals surface area contributed by atoms with Crippen molar-refractivity contribution in [1.29, 1.82) is 0 Å². The van der Waals surface area contributed by atoms with E-state index in [-0.39, 0.29) is 19.0 Å². The van der Waals surface area contributed by atoms with Crippen LogP contribution in [0.2, 0.25) is 0 Å². The monoisotopic (exact) mass is 277 g/mol. The fourth-order valence-corrected chi connectivity index (χ4v) is 2.46. The Morgan fingerprint density at radius 2 is 2.00 bits per heavy atom. The molecule has 1 aliphatic heterocycles. The van der Waals surface area contributed by atoms with Crippen molar-refractivity contribution >= 4 is 0 Å². The van der Waals surface area contributed by atoms with Gasteiger partial charge in [0.15, 0.2) is 0 Å². The standard InChI is InChI=1S/C16H20FNO2/c17-16-10-13(2-1-9-19)3-4-15(16)11-18-7-5-14(12-20)6-8-18/h3-4,10,14,19-20H,5-9,11-12H2. The molecule has 1 aromatic rings. The van der Waals surface area contributed by atoms with Crippen molar-refractivity contribution in [2.45, 2.75) is 19.4 Å². The zero-order valence-corrected chi connectivity index (χ0v) is 11.5. The Balaban J connectivity index is 1.96. The molecule has 1 heterocycles. The minimum atomic E-state index is -0.251. The molecule has 0 bridgehead atoms. The van der Waals surface area contributed by atoms with Crippen LogP contribution in [0.4, 0.5) is 4.39 Å². The summed E-state index contributed by atoms with van der Waals surface area (Å²) in [4.78, 5) is 2.21. The van der Waals surface area contributed by atoms with E-state index in [1.807, 2.05) is 0 Å². The highest BCUT2D eigenvalue weighted by atomic mass is 19.1. The summed E-state index contributed by atoms with van der Waals surface area (Å²) in [7, 11) is 0. The number of benzene rings is 1. The Bertz CT molecular complexity index is 499. The molecule has 20 heavy (non-hydrogen) atoms. The Morgan fingerprint density at radius 3 is 2.60 bits per heavy atom. The molecule has 0 aliphatic carbocycles. The van der Waals surface area contributed by atoms with Crippen LogP contribution in [0.3, 0.4) is 0 Å². The van der Waals surface area contributed by atoms with Crippen molar-refractivity contribution in [3.63, 3.8) is 0 Å². The van der Waals surface area contributed by atoms with Crippen LogP contribution in [0.15, 0.2) is 18.2 Å². The molecule has 2 N–H and O–H groups in total. The number of hydrogen-bond acceptors (Lipinski definition) is 3. The summed E-state index contributed by atoms with van der Waals surface area (Å²) in [5.74, 6) is 5.35.